The van der Waals surface area contributed by atoms with Crippen LogP contribution in [-0.4, -0.2) is 0 Å². The summed E-state index contributed by atoms with van der Waals surface area (Å²) in [5.41, 5.74) is 0. The van der Waals surface area contributed by atoms with Gasteiger partial charge in [0.1, 0.15) is 0 Å². The van der Waals surface area contributed by atoms with Crippen molar-refractivity contribution in [3.63, 3.8) is 0 Å². The van der Waals surface area contributed by atoms with E-state index in [2.05, 4.69) is 0 Å². The van der Waals surface area contributed by atoms with E-state index in [1.54, 1.807) is 0 Å². The molecule has 0 aromatic rings. The second kappa shape index (κ2) is 2.23. The van der Waals surface area contributed by atoms with Gasteiger partial charge in [0.25, 0.3) is 0 Å². The van der Waals surface area contributed by atoms with Crippen LogP contribution in [0.1, 0.15) is 2.85 Å². The van der Waals surface area contributed by atoms with Crippen molar-refractivity contribution in [3.05, 3.63) is 0 Å². The van der Waals surface area contributed by atoms with Crippen LogP contribution >= 0.6 is 37.7 Å². The normalized spacial score (nSPS) is 15.2. The number of hydrogen-bond acceptors (Lipinski definition) is 0. The van der Waals surface area contributed by atoms with Gasteiger partial charge in [0.2, 0.25) is 0 Å². The average Bonchev–Trinajstić information content (AvgIpc) is 0.722. The Hall–Kier alpha value is 1.85. The molecule has 0 saturated carbocycles. The van der Waals surface area contributed by atoms with Gasteiger partial charge in [0, 0.05) is 0 Å². The first-order valence-electron chi connectivity index (χ1n) is 0.478. The molecule has 0 aromatic heterocycles. The molecule has 0 amide bonds. The molecule has 0 atom stereocenters. The zero-order chi connectivity index (χ0) is 4.50. The Morgan fingerprint density at radius 3 is 1.00 bits per heavy atom. The third-order valence-corrected chi connectivity index (χ3v) is 0. The molecule has 0 aliphatic rings. The first-order chi connectivity index (χ1) is 2.00. The zero-order valence-electron chi connectivity index (χ0n) is 3.83. The molecular weight excluding hydrogens is 337 g/mol. The van der Waals surface area contributed by atoms with Crippen molar-refractivity contribution in [2.45, 2.75) is 0 Å². The van der Waals surface area contributed by atoms with E-state index in [-0.39, 0.29) is 2.85 Å². The van der Waals surface area contributed by atoms with Gasteiger partial charge in [-0.1, -0.05) is 0 Å². The standard InChI is InChI=1S/4ClH.Pt/h4*1H;/q;;;;+2/p-2. The van der Waals surface area contributed by atoms with E-state index in [0.29, 0.717) is 0 Å². The Morgan fingerprint density at radius 2 is 1.00 bits per heavy atom. The molecule has 0 aliphatic carbocycles. The summed E-state index contributed by atoms with van der Waals surface area (Å²) in [6.07, 6.45) is 0. The predicted molar refractivity (Wildman–Crippen MR) is 25.6 cm³/mol. The van der Waals surface area contributed by atoms with Gasteiger partial charge in [0.15, 0.2) is 0 Å². The number of hydrogen-bond donors (Lipinski definition) is 0. The third kappa shape index (κ3) is 25.4. The van der Waals surface area contributed by atoms with Gasteiger partial charge in [-0.3, -0.25) is 0 Å². The topological polar surface area (TPSA) is 0 Å². The minimum absolute atomic E-state index is 0. The first-order valence-corrected chi connectivity index (χ1v) is 11.7. The molecular formula is H2Cl4Pt. The Bertz CT molecular complexity index is 25.2. The maximum Gasteiger partial charge on any atom is 1.00 e. The van der Waals surface area contributed by atoms with Crippen LogP contribution in [0.4, 0.5) is 0 Å². The molecule has 0 unspecified atom stereocenters. The van der Waals surface area contributed by atoms with Crippen molar-refractivity contribution < 1.29 is 14.7 Å². The summed E-state index contributed by atoms with van der Waals surface area (Å²) >= 11 is -3.06. The minimum atomic E-state index is -3.06. The van der Waals surface area contributed by atoms with Crippen LogP contribution in [0.2, 0.25) is 0 Å². The quantitative estimate of drug-likeness (QED) is 0.637. The van der Waals surface area contributed by atoms with Crippen molar-refractivity contribution in [2.24, 2.45) is 0 Å². The number of halogens is 4. The molecule has 5 heavy (non-hydrogen) atoms. The van der Waals surface area contributed by atoms with Gasteiger partial charge in [-0.15, -0.1) is 0 Å². The van der Waals surface area contributed by atoms with E-state index in [1.807, 2.05) is 0 Å². The van der Waals surface area contributed by atoms with Crippen molar-refractivity contribution in [2.75, 3.05) is 0 Å². The molecule has 0 spiro atoms. The molecule has 0 bridgehead atoms. The molecule has 0 aliphatic heterocycles. The molecule has 40 valence electrons. The van der Waals surface area contributed by atoms with E-state index >= 15 is 0 Å². The van der Waals surface area contributed by atoms with E-state index in [1.165, 1.54) is 0 Å². The van der Waals surface area contributed by atoms with E-state index in [0.717, 1.165) is 0 Å². The fourth-order valence-corrected chi connectivity index (χ4v) is 0. The maximum atomic E-state index is 5.01. The van der Waals surface area contributed by atoms with Crippen LogP contribution < -0.4 is 0 Å². The van der Waals surface area contributed by atoms with E-state index in [4.69, 9.17) is 37.7 Å². The maximum absolute atomic E-state index is 5.01. The van der Waals surface area contributed by atoms with E-state index in [9.17, 15) is 0 Å². The Kier molecular flexibility index (Phi) is 3.06. The Morgan fingerprint density at radius 1 is 1.00 bits per heavy atom. The molecule has 0 saturated heterocycles. The summed E-state index contributed by atoms with van der Waals surface area (Å²) in [4.78, 5) is 0. The van der Waals surface area contributed by atoms with Crippen LogP contribution in [0.25, 0.3) is 0 Å². The summed E-state index contributed by atoms with van der Waals surface area (Å²) < 4.78 is 0. The Labute approximate surface area is 52.2 Å². The van der Waals surface area contributed by atoms with Gasteiger partial charge in [-0.25, -0.2) is 0 Å². The summed E-state index contributed by atoms with van der Waals surface area (Å²) in [6, 6.07) is 0. The second-order valence-electron chi connectivity index (χ2n) is 0.271. The molecule has 0 rings (SSSR count). The molecule has 0 fully saturated rings. The molecule has 0 nitrogen and oxygen atoms in total. The van der Waals surface area contributed by atoms with Gasteiger partial charge < -0.3 is 0 Å². The van der Waals surface area contributed by atoms with Crippen molar-refractivity contribution >= 4 is 37.7 Å². The first kappa shape index (κ1) is 6.85. The van der Waals surface area contributed by atoms with Crippen LogP contribution in [-0.2, 0) is 11.9 Å². The van der Waals surface area contributed by atoms with Crippen LogP contribution in [0.3, 0.4) is 0 Å². The minimum Gasteiger partial charge on any atom is 1.00 e. The monoisotopic (exact) mass is 337 g/mol. The van der Waals surface area contributed by atoms with Crippen molar-refractivity contribution in [1.29, 1.82) is 0 Å². The van der Waals surface area contributed by atoms with Crippen molar-refractivity contribution in [1.82, 2.24) is 0 Å². The summed E-state index contributed by atoms with van der Waals surface area (Å²) in [7, 11) is 20.0. The third-order valence-electron chi connectivity index (χ3n) is 0. The average molecular weight is 339 g/mol. The largest absolute Gasteiger partial charge is 1.00 e. The molecule has 0 aromatic carbocycles. The molecule has 0 N–H and O–H groups in total. The summed E-state index contributed by atoms with van der Waals surface area (Å²) in [6.45, 7) is 0. The van der Waals surface area contributed by atoms with Gasteiger partial charge in [0.05, 0.1) is 0 Å². The van der Waals surface area contributed by atoms with Crippen LogP contribution in [0, 0.1) is 0 Å². The van der Waals surface area contributed by atoms with Gasteiger partial charge in [-0.2, -0.15) is 0 Å². The van der Waals surface area contributed by atoms with Crippen LogP contribution in [0.5, 0.6) is 0 Å². The van der Waals surface area contributed by atoms with E-state index < -0.39 is 11.9 Å². The molecule has 5 heteroatoms. The summed E-state index contributed by atoms with van der Waals surface area (Å²) in [5, 5.41) is 0. The van der Waals surface area contributed by atoms with Crippen molar-refractivity contribution in [3.8, 4) is 0 Å². The predicted octanol–water partition coefficient (Wildman–Crippen LogP) is 2.98. The fraction of sp³-hybridized carbons (Fsp3) is 0. The number of rotatable bonds is 0. The fourth-order valence-electron chi connectivity index (χ4n) is 0. The second-order valence-corrected chi connectivity index (χ2v) is 20.0. The Balaban J connectivity index is -0.0000000800. The van der Waals surface area contributed by atoms with Gasteiger partial charge >= 0.3 is 52.4 Å². The van der Waals surface area contributed by atoms with Gasteiger partial charge in [-0.05, 0) is 0 Å². The SMILES string of the molecule is [Cl][Pt-2]([Cl])([Cl])[Cl].[H+].[H+]. The molecule has 0 heterocycles. The molecule has 0 radical (unpaired) electrons. The summed E-state index contributed by atoms with van der Waals surface area (Å²) in [5.74, 6) is 0. The zero-order valence-corrected chi connectivity index (χ0v) is 7.12. The van der Waals surface area contributed by atoms with Crippen LogP contribution in [0.15, 0.2) is 0 Å². The smallest absolute Gasteiger partial charge is 1.00 e.